The molecular weight excluding hydrogens is 679 g/mol. The minimum atomic E-state index is -4.76. The van der Waals surface area contributed by atoms with E-state index in [1.165, 1.54) is 41.7 Å². The number of allylic oxidation sites excluding steroid dienone is 1. The highest BCUT2D eigenvalue weighted by molar-refractivity contribution is 7.86. The second-order valence-corrected chi connectivity index (χ2v) is 16.6. The van der Waals surface area contributed by atoms with E-state index in [0.717, 1.165) is 57.3 Å². The fourth-order valence-corrected chi connectivity index (χ4v) is 7.80. The summed E-state index contributed by atoms with van der Waals surface area (Å²) in [5.74, 6) is -0.785. The van der Waals surface area contributed by atoms with Crippen molar-refractivity contribution in [3.63, 3.8) is 0 Å². The first-order chi connectivity index (χ1) is 23.5. The fraction of sp³-hybridized carbons (Fsp3) is 0.514. The molecule has 0 aliphatic carbocycles. The Morgan fingerprint density at radius 2 is 1.52 bits per heavy atom. The van der Waals surface area contributed by atoms with Gasteiger partial charge in [-0.3, -0.25) is 4.79 Å². The Kier molecular flexibility index (Phi) is 12.7. The van der Waals surface area contributed by atoms with Crippen molar-refractivity contribution in [2.24, 2.45) is 7.05 Å². The molecule has 4 rings (SSSR count). The summed E-state index contributed by atoms with van der Waals surface area (Å²) in [5.41, 5.74) is 1.95. The summed E-state index contributed by atoms with van der Waals surface area (Å²) < 4.78 is 73.0. The van der Waals surface area contributed by atoms with Gasteiger partial charge in [-0.05, 0) is 63.1 Å². The van der Waals surface area contributed by atoms with Crippen LogP contribution in [-0.4, -0.2) is 71.3 Å². The number of anilines is 1. The number of rotatable bonds is 18. The lowest BCUT2D eigenvalue weighted by atomic mass is 9.81. The molecule has 0 saturated heterocycles. The van der Waals surface area contributed by atoms with E-state index in [-0.39, 0.29) is 24.3 Å². The second kappa shape index (κ2) is 16.2. The molecule has 1 aliphatic heterocycles. The van der Waals surface area contributed by atoms with Crippen LogP contribution in [0.2, 0.25) is 0 Å². The molecule has 0 unspecified atom stereocenters. The van der Waals surface area contributed by atoms with E-state index in [1.54, 1.807) is 17.7 Å². The first kappa shape index (κ1) is 39.3. The van der Waals surface area contributed by atoms with Crippen LogP contribution in [0.3, 0.4) is 0 Å². The van der Waals surface area contributed by atoms with Crippen molar-refractivity contribution in [3.05, 3.63) is 64.0 Å². The Balaban J connectivity index is 1.76. The molecule has 0 atom stereocenters. The zero-order valence-corrected chi connectivity index (χ0v) is 31.4. The molecule has 0 radical (unpaired) electrons. The Morgan fingerprint density at radius 3 is 2.10 bits per heavy atom. The maximum atomic E-state index is 13.8. The summed E-state index contributed by atoms with van der Waals surface area (Å²) >= 11 is 0. The summed E-state index contributed by atoms with van der Waals surface area (Å²) in [6, 6.07) is 9.76. The molecule has 2 heterocycles. The highest BCUT2D eigenvalue weighted by Gasteiger charge is 2.44. The van der Waals surface area contributed by atoms with E-state index in [0.29, 0.717) is 27.9 Å². The summed E-state index contributed by atoms with van der Waals surface area (Å²) in [6.07, 6.45) is 12.3. The van der Waals surface area contributed by atoms with Gasteiger partial charge in [0.1, 0.15) is 22.4 Å². The zero-order valence-electron chi connectivity index (χ0n) is 29.8. The van der Waals surface area contributed by atoms with E-state index in [4.69, 9.17) is 0 Å². The Morgan fingerprint density at radius 1 is 0.880 bits per heavy atom. The Labute approximate surface area is 296 Å². The fourth-order valence-electron chi connectivity index (χ4n) is 6.82. The number of unbranched alkanes of at least 4 members (excludes halogenated alkanes) is 6. The molecule has 0 spiro atoms. The lowest BCUT2D eigenvalue weighted by molar-refractivity contribution is -0.437. The SMILES string of the molecule is CCCCCCN(CCCCCC)c1ccc2c(O)c(/C=C/C3=[N+](CCCS(=O)(=O)[O-])c4ccc(S(=O)(=O)[O-])cc4C3(C)C)c(=O)n(C)c2c1. The van der Waals surface area contributed by atoms with Crippen molar-refractivity contribution < 1.29 is 35.6 Å². The lowest BCUT2D eigenvalue weighted by Crippen LogP contribution is -2.28. The van der Waals surface area contributed by atoms with Crippen LogP contribution < -0.4 is 10.5 Å². The van der Waals surface area contributed by atoms with Gasteiger partial charge in [-0.25, -0.2) is 16.8 Å². The molecule has 1 N–H and O–H groups in total. The normalized spacial score (nSPS) is 14.6. The quantitative estimate of drug-likeness (QED) is 0.0921. The number of pyridine rings is 1. The van der Waals surface area contributed by atoms with Crippen LogP contribution in [-0.2, 0) is 32.7 Å². The van der Waals surface area contributed by atoms with Crippen molar-refractivity contribution in [1.29, 1.82) is 0 Å². The van der Waals surface area contributed by atoms with Crippen LogP contribution in [0.5, 0.6) is 5.75 Å². The van der Waals surface area contributed by atoms with E-state index >= 15 is 0 Å². The monoisotopic (exact) mass is 728 g/mol. The number of benzene rings is 2. The van der Waals surface area contributed by atoms with Gasteiger partial charge >= 0.3 is 0 Å². The third kappa shape index (κ3) is 9.03. The van der Waals surface area contributed by atoms with Gasteiger partial charge in [-0.1, -0.05) is 52.4 Å². The van der Waals surface area contributed by atoms with Crippen LogP contribution in [0.15, 0.2) is 52.2 Å². The summed E-state index contributed by atoms with van der Waals surface area (Å²) in [4.78, 5) is 15.8. The smallest absolute Gasteiger partial charge is 0.261 e. The van der Waals surface area contributed by atoms with E-state index in [9.17, 15) is 35.8 Å². The number of aromatic hydroxyl groups is 1. The third-order valence-corrected chi connectivity index (χ3v) is 11.3. The topological polar surface area (TPSA) is 163 Å². The minimum absolute atomic E-state index is 0.0140. The van der Waals surface area contributed by atoms with Crippen LogP contribution in [0.25, 0.3) is 17.0 Å². The van der Waals surface area contributed by atoms with Gasteiger partial charge in [-0.15, -0.1) is 0 Å². The molecule has 11 nitrogen and oxygen atoms in total. The number of aromatic nitrogens is 1. The molecule has 0 amide bonds. The molecule has 1 aliphatic rings. The largest absolute Gasteiger partial charge is 0.748 e. The van der Waals surface area contributed by atoms with Gasteiger partial charge in [-0.2, -0.15) is 4.58 Å². The van der Waals surface area contributed by atoms with Gasteiger partial charge in [0.15, 0.2) is 5.71 Å². The van der Waals surface area contributed by atoms with Gasteiger partial charge in [0.2, 0.25) is 5.69 Å². The van der Waals surface area contributed by atoms with Crippen molar-refractivity contribution in [2.75, 3.05) is 30.3 Å². The summed E-state index contributed by atoms with van der Waals surface area (Å²) in [7, 11) is -7.58. The second-order valence-electron chi connectivity index (χ2n) is 13.7. The molecule has 274 valence electrons. The summed E-state index contributed by atoms with van der Waals surface area (Å²) in [6.45, 7) is 9.93. The average Bonchev–Trinajstić information content (AvgIpc) is 3.26. The molecule has 0 fully saturated rings. The molecule has 0 saturated carbocycles. The van der Waals surface area contributed by atoms with Gasteiger partial charge in [0, 0.05) is 61.1 Å². The molecule has 50 heavy (non-hydrogen) atoms. The van der Waals surface area contributed by atoms with E-state index in [1.807, 2.05) is 32.0 Å². The van der Waals surface area contributed by atoms with Gasteiger partial charge in [0.25, 0.3) is 5.56 Å². The molecule has 1 aromatic heterocycles. The maximum Gasteiger partial charge on any atom is 0.261 e. The zero-order chi connectivity index (χ0) is 36.9. The van der Waals surface area contributed by atoms with Crippen molar-refractivity contribution in [2.45, 2.75) is 95.8 Å². The van der Waals surface area contributed by atoms with Crippen LogP contribution in [0.1, 0.15) is 96.6 Å². The van der Waals surface area contributed by atoms with Crippen LogP contribution in [0.4, 0.5) is 11.4 Å². The lowest BCUT2D eigenvalue weighted by Gasteiger charge is -2.26. The number of hydrogen-bond donors (Lipinski definition) is 1. The van der Waals surface area contributed by atoms with Gasteiger partial charge < -0.3 is 23.7 Å². The van der Waals surface area contributed by atoms with Crippen molar-refractivity contribution >= 4 is 54.3 Å². The Bertz CT molecular complexity index is 2040. The first-order valence-corrected chi connectivity index (χ1v) is 20.5. The molecular formula is C37H50N3O8S2-. The van der Waals surface area contributed by atoms with Crippen LogP contribution >= 0.6 is 0 Å². The number of hydrogen-bond acceptors (Lipinski definition) is 9. The average molecular weight is 729 g/mol. The Hall–Kier alpha value is -3.52. The highest BCUT2D eigenvalue weighted by atomic mass is 32.2. The predicted molar refractivity (Wildman–Crippen MR) is 197 cm³/mol. The maximum absolute atomic E-state index is 13.8. The number of fused-ring (bicyclic) bond motifs is 2. The first-order valence-electron chi connectivity index (χ1n) is 17.5. The van der Waals surface area contributed by atoms with E-state index < -0.39 is 41.9 Å². The number of aryl methyl sites for hydroxylation is 1. The third-order valence-electron chi connectivity index (χ3n) is 9.65. The van der Waals surface area contributed by atoms with Gasteiger partial charge in [0.05, 0.1) is 31.5 Å². The van der Waals surface area contributed by atoms with Crippen LogP contribution in [0, 0.1) is 0 Å². The molecule has 13 heteroatoms. The molecule has 3 aromatic rings. The van der Waals surface area contributed by atoms with Crippen molar-refractivity contribution in [1.82, 2.24) is 4.57 Å². The molecule has 2 aromatic carbocycles. The standard InChI is InChI=1S/C37H51N3O8S2/c1-6-8-10-12-21-39(22-13-11-9-7-2)27-15-17-29-33(25-27)38(5)36(42)30(35(29)41)18-20-34-37(3,4)31-26-28(50(46,47)48)16-19-32(31)40(34)23-14-24-49(43,44)45/h15-20,25-26H,6-14,21-24H2,1-5H3,(H2,43,44,45,46,47,48)/p-1. The summed E-state index contributed by atoms with van der Waals surface area (Å²) in [5, 5.41) is 12.0. The van der Waals surface area contributed by atoms with Crippen molar-refractivity contribution in [3.8, 4) is 5.75 Å². The highest BCUT2D eigenvalue weighted by Crippen LogP contribution is 2.42. The minimum Gasteiger partial charge on any atom is -0.748 e. The number of nitrogens with zero attached hydrogens (tertiary/aromatic N) is 3. The molecule has 0 bridgehead atoms. The van der Waals surface area contributed by atoms with E-state index in [2.05, 4.69) is 18.7 Å². The predicted octanol–water partition coefficient (Wildman–Crippen LogP) is 6.14.